The maximum atomic E-state index is 11.7. The van der Waals surface area contributed by atoms with Crippen LogP contribution in [0, 0.1) is 5.92 Å². The lowest BCUT2D eigenvalue weighted by molar-refractivity contribution is -0.126. The molecule has 1 aliphatic rings. The van der Waals surface area contributed by atoms with Gasteiger partial charge >= 0.3 is 0 Å². The third-order valence-electron chi connectivity index (χ3n) is 3.04. The number of allylic oxidation sites excluding steroid dienone is 2. The predicted molar refractivity (Wildman–Crippen MR) is 60.4 cm³/mol. The molecule has 1 rings (SSSR count). The van der Waals surface area contributed by atoms with Crippen LogP contribution in [0.5, 0.6) is 0 Å². The number of aliphatic hydroxyl groups is 1. The van der Waals surface area contributed by atoms with E-state index in [9.17, 15) is 9.90 Å². The molecule has 0 bridgehead atoms. The molecule has 0 saturated carbocycles. The zero-order chi connectivity index (χ0) is 11.3. The molecule has 2 N–H and O–H groups in total. The first kappa shape index (κ1) is 12.2. The van der Waals surface area contributed by atoms with E-state index in [1.807, 2.05) is 6.92 Å². The minimum Gasteiger partial charge on any atom is -0.388 e. The largest absolute Gasteiger partial charge is 0.388 e. The number of hydrogen-bond acceptors (Lipinski definition) is 2. The molecule has 1 aliphatic carbocycles. The van der Waals surface area contributed by atoms with E-state index in [4.69, 9.17) is 0 Å². The van der Waals surface area contributed by atoms with Crippen molar-refractivity contribution < 1.29 is 9.90 Å². The highest BCUT2D eigenvalue weighted by atomic mass is 16.3. The molecule has 0 aromatic carbocycles. The fraction of sp³-hybridized carbons (Fsp3) is 0.750. The zero-order valence-corrected chi connectivity index (χ0v) is 9.62. The van der Waals surface area contributed by atoms with Crippen LogP contribution < -0.4 is 5.32 Å². The van der Waals surface area contributed by atoms with Crippen molar-refractivity contribution in [2.75, 3.05) is 6.54 Å². The van der Waals surface area contributed by atoms with Gasteiger partial charge in [0.05, 0.1) is 5.60 Å². The predicted octanol–water partition coefficient (Wildman–Crippen LogP) is 1.62. The molecule has 3 heteroatoms. The van der Waals surface area contributed by atoms with Crippen LogP contribution in [0.2, 0.25) is 0 Å². The molecular formula is C12H21NO2. The monoisotopic (exact) mass is 211 g/mol. The Kier molecular flexibility index (Phi) is 4.33. The average Bonchev–Trinajstić information content (AvgIpc) is 2.27. The van der Waals surface area contributed by atoms with Crippen molar-refractivity contribution in [1.29, 1.82) is 0 Å². The van der Waals surface area contributed by atoms with Gasteiger partial charge in [-0.1, -0.05) is 19.1 Å². The highest BCUT2D eigenvalue weighted by molar-refractivity contribution is 5.79. The van der Waals surface area contributed by atoms with Crippen molar-refractivity contribution in [3.63, 3.8) is 0 Å². The molecular weight excluding hydrogens is 190 g/mol. The van der Waals surface area contributed by atoms with Crippen LogP contribution >= 0.6 is 0 Å². The van der Waals surface area contributed by atoms with E-state index in [2.05, 4.69) is 17.5 Å². The molecule has 2 atom stereocenters. The van der Waals surface area contributed by atoms with E-state index in [1.165, 1.54) is 0 Å². The highest BCUT2D eigenvalue weighted by Crippen LogP contribution is 2.18. The first-order valence-corrected chi connectivity index (χ1v) is 5.70. The molecule has 0 fully saturated rings. The third-order valence-corrected chi connectivity index (χ3v) is 3.04. The Bertz CT molecular complexity index is 246. The third kappa shape index (κ3) is 4.04. The topological polar surface area (TPSA) is 49.3 Å². The van der Waals surface area contributed by atoms with Gasteiger partial charge in [0.1, 0.15) is 0 Å². The lowest BCUT2D eigenvalue weighted by Crippen LogP contribution is -2.42. The maximum Gasteiger partial charge on any atom is 0.223 e. The summed E-state index contributed by atoms with van der Waals surface area (Å²) in [6.45, 7) is 4.01. The van der Waals surface area contributed by atoms with Crippen molar-refractivity contribution in [3.8, 4) is 0 Å². The van der Waals surface area contributed by atoms with Gasteiger partial charge in [0, 0.05) is 12.5 Å². The smallest absolute Gasteiger partial charge is 0.223 e. The van der Waals surface area contributed by atoms with Gasteiger partial charge in [-0.15, -0.1) is 0 Å². The molecule has 0 heterocycles. The minimum atomic E-state index is -0.778. The van der Waals surface area contributed by atoms with Crippen molar-refractivity contribution >= 4 is 5.91 Å². The van der Waals surface area contributed by atoms with Gasteiger partial charge in [0.25, 0.3) is 0 Å². The van der Waals surface area contributed by atoms with Crippen molar-refractivity contribution in [2.24, 2.45) is 5.92 Å². The fourth-order valence-corrected chi connectivity index (χ4v) is 1.58. The molecule has 0 radical (unpaired) electrons. The summed E-state index contributed by atoms with van der Waals surface area (Å²) in [6.07, 6.45) is 7.58. The van der Waals surface area contributed by atoms with Gasteiger partial charge in [0.2, 0.25) is 5.91 Å². The second-order valence-electron chi connectivity index (χ2n) is 4.55. The van der Waals surface area contributed by atoms with Crippen LogP contribution in [0.4, 0.5) is 0 Å². The summed E-state index contributed by atoms with van der Waals surface area (Å²) in [7, 11) is 0. The Morgan fingerprint density at radius 1 is 1.60 bits per heavy atom. The summed E-state index contributed by atoms with van der Waals surface area (Å²) in [6, 6.07) is 0. The first-order valence-electron chi connectivity index (χ1n) is 5.70. The molecule has 0 aromatic heterocycles. The lowest BCUT2D eigenvalue weighted by atomic mass is 9.93. The first-order chi connectivity index (χ1) is 7.05. The van der Waals surface area contributed by atoms with Crippen LogP contribution in [-0.4, -0.2) is 23.2 Å². The summed E-state index contributed by atoms with van der Waals surface area (Å²) < 4.78 is 0. The summed E-state index contributed by atoms with van der Waals surface area (Å²) in [5, 5.41) is 12.6. The fourth-order valence-electron chi connectivity index (χ4n) is 1.58. The van der Waals surface area contributed by atoms with Crippen molar-refractivity contribution in [1.82, 2.24) is 5.32 Å². The Hall–Kier alpha value is -0.830. The highest BCUT2D eigenvalue weighted by Gasteiger charge is 2.22. The Morgan fingerprint density at radius 3 is 2.87 bits per heavy atom. The standard InChI is InChI=1S/C12H21NO2/c1-3-12(2,15)9-13-11(14)10-7-5-4-6-8-10/h4-5,10,15H,3,6-9H2,1-2H3,(H,13,14). The van der Waals surface area contributed by atoms with E-state index in [0.717, 1.165) is 19.3 Å². The Balaban J connectivity index is 2.32. The van der Waals surface area contributed by atoms with E-state index in [-0.39, 0.29) is 11.8 Å². The number of rotatable bonds is 4. The van der Waals surface area contributed by atoms with Gasteiger partial charge in [-0.3, -0.25) is 4.79 Å². The molecule has 86 valence electrons. The van der Waals surface area contributed by atoms with Gasteiger partial charge < -0.3 is 10.4 Å². The van der Waals surface area contributed by atoms with Crippen LogP contribution in [0.15, 0.2) is 12.2 Å². The van der Waals surface area contributed by atoms with E-state index in [0.29, 0.717) is 13.0 Å². The number of amides is 1. The van der Waals surface area contributed by atoms with Crippen molar-refractivity contribution in [2.45, 2.75) is 45.1 Å². The SMILES string of the molecule is CCC(C)(O)CNC(=O)C1CC=CCC1. The molecule has 0 aliphatic heterocycles. The normalized spacial score (nSPS) is 24.6. The summed E-state index contributed by atoms with van der Waals surface area (Å²) in [5.41, 5.74) is -0.778. The number of carbonyl (C=O) groups excluding carboxylic acids is 1. The molecule has 2 unspecified atom stereocenters. The summed E-state index contributed by atoms with van der Waals surface area (Å²) >= 11 is 0. The number of nitrogens with one attached hydrogen (secondary N) is 1. The van der Waals surface area contributed by atoms with Gasteiger partial charge in [-0.05, 0) is 32.6 Å². The molecule has 1 amide bonds. The van der Waals surface area contributed by atoms with Crippen molar-refractivity contribution in [3.05, 3.63) is 12.2 Å². The van der Waals surface area contributed by atoms with Gasteiger partial charge in [0.15, 0.2) is 0 Å². The van der Waals surface area contributed by atoms with Crippen LogP contribution in [-0.2, 0) is 4.79 Å². The van der Waals surface area contributed by atoms with E-state index < -0.39 is 5.60 Å². The summed E-state index contributed by atoms with van der Waals surface area (Å²) in [5.74, 6) is 0.177. The number of carbonyl (C=O) groups is 1. The molecule has 3 nitrogen and oxygen atoms in total. The molecule has 15 heavy (non-hydrogen) atoms. The zero-order valence-electron chi connectivity index (χ0n) is 9.62. The maximum absolute atomic E-state index is 11.7. The Morgan fingerprint density at radius 2 is 2.33 bits per heavy atom. The van der Waals surface area contributed by atoms with Crippen LogP contribution in [0.3, 0.4) is 0 Å². The van der Waals surface area contributed by atoms with Crippen LogP contribution in [0.25, 0.3) is 0 Å². The minimum absolute atomic E-state index is 0.0769. The molecule has 0 spiro atoms. The second kappa shape index (κ2) is 5.31. The van der Waals surface area contributed by atoms with Gasteiger partial charge in [-0.2, -0.15) is 0 Å². The summed E-state index contributed by atoms with van der Waals surface area (Å²) in [4.78, 5) is 11.7. The average molecular weight is 211 g/mol. The number of hydrogen-bond donors (Lipinski definition) is 2. The van der Waals surface area contributed by atoms with Gasteiger partial charge in [-0.25, -0.2) is 0 Å². The molecule has 0 aromatic rings. The van der Waals surface area contributed by atoms with Crippen LogP contribution in [0.1, 0.15) is 39.5 Å². The molecule has 0 saturated heterocycles. The second-order valence-corrected chi connectivity index (χ2v) is 4.55. The quantitative estimate of drug-likeness (QED) is 0.694. The Labute approximate surface area is 91.6 Å². The van der Waals surface area contributed by atoms with E-state index in [1.54, 1.807) is 6.92 Å². The lowest BCUT2D eigenvalue weighted by Gasteiger charge is -2.24. The van der Waals surface area contributed by atoms with E-state index >= 15 is 0 Å².